The fourth-order valence-electron chi connectivity index (χ4n) is 1.33. The molecule has 2 amide bonds. The molecule has 0 aromatic carbocycles. The highest BCUT2D eigenvalue weighted by Crippen LogP contribution is 2.13. The number of nitrogens with zero attached hydrogens (tertiary/aromatic N) is 1. The zero-order chi connectivity index (χ0) is 14.4. The van der Waals surface area contributed by atoms with Crippen molar-refractivity contribution in [2.45, 2.75) is 13.8 Å². The van der Waals surface area contributed by atoms with Crippen molar-refractivity contribution >= 4 is 23.3 Å². The minimum atomic E-state index is -0.632. The van der Waals surface area contributed by atoms with E-state index in [4.69, 9.17) is 11.5 Å². The molecule has 7 heteroatoms. The summed E-state index contributed by atoms with van der Waals surface area (Å²) in [6.07, 6.45) is 1.33. The largest absolute Gasteiger partial charge is 0.397 e. The normalized spacial score (nSPS) is 10.3. The average Bonchev–Trinajstić information content (AvgIpc) is 2.35. The second-order valence-electron chi connectivity index (χ2n) is 4.57. The molecule has 6 N–H and O–H groups in total. The van der Waals surface area contributed by atoms with Crippen LogP contribution in [0.1, 0.15) is 24.2 Å². The van der Waals surface area contributed by atoms with Crippen LogP contribution in [-0.4, -0.2) is 29.9 Å². The van der Waals surface area contributed by atoms with Crippen LogP contribution in [0.3, 0.4) is 0 Å². The molecular formula is C12H19N5O2. The van der Waals surface area contributed by atoms with Gasteiger partial charge in [-0.1, -0.05) is 13.8 Å². The molecule has 1 rings (SSSR count). The van der Waals surface area contributed by atoms with E-state index in [1.165, 1.54) is 12.3 Å². The molecule has 7 nitrogen and oxygen atoms in total. The average molecular weight is 265 g/mol. The third-order valence-electron chi connectivity index (χ3n) is 2.34. The van der Waals surface area contributed by atoms with Crippen molar-refractivity contribution in [1.29, 1.82) is 0 Å². The van der Waals surface area contributed by atoms with Gasteiger partial charge in [0.2, 0.25) is 5.91 Å². The fraction of sp³-hybridized carbons (Fsp3) is 0.417. The van der Waals surface area contributed by atoms with Gasteiger partial charge in [0, 0.05) is 6.54 Å². The van der Waals surface area contributed by atoms with Gasteiger partial charge in [-0.05, 0) is 12.0 Å². The SMILES string of the molecule is CC(C)CNC(=O)CNc1cc(C(N)=O)c(N)cn1. The second kappa shape index (κ2) is 6.58. The first-order chi connectivity index (χ1) is 8.90. The maximum absolute atomic E-state index is 11.5. The highest BCUT2D eigenvalue weighted by Gasteiger charge is 2.08. The lowest BCUT2D eigenvalue weighted by molar-refractivity contribution is -0.119. The van der Waals surface area contributed by atoms with Crippen LogP contribution in [0.25, 0.3) is 0 Å². The van der Waals surface area contributed by atoms with E-state index in [1.54, 1.807) is 0 Å². The smallest absolute Gasteiger partial charge is 0.250 e. The number of aromatic nitrogens is 1. The number of pyridine rings is 1. The van der Waals surface area contributed by atoms with Crippen molar-refractivity contribution in [2.24, 2.45) is 11.7 Å². The number of amides is 2. The quantitative estimate of drug-likeness (QED) is 0.574. The van der Waals surface area contributed by atoms with Crippen molar-refractivity contribution in [3.05, 3.63) is 17.8 Å². The molecule has 0 saturated heterocycles. The Hall–Kier alpha value is -2.31. The summed E-state index contributed by atoms with van der Waals surface area (Å²) in [5.41, 5.74) is 11.1. The van der Waals surface area contributed by atoms with Gasteiger partial charge in [-0.15, -0.1) is 0 Å². The number of carbonyl (C=O) groups is 2. The van der Waals surface area contributed by atoms with Crippen molar-refractivity contribution in [2.75, 3.05) is 24.1 Å². The van der Waals surface area contributed by atoms with Crippen molar-refractivity contribution in [3.8, 4) is 0 Å². The number of nitrogens with one attached hydrogen (secondary N) is 2. The Morgan fingerprint density at radius 3 is 2.68 bits per heavy atom. The Balaban J connectivity index is 2.56. The predicted octanol–water partition coefficient (Wildman–Crippen LogP) is -0.0532. The summed E-state index contributed by atoms with van der Waals surface area (Å²) in [5.74, 6) is -0.0112. The Morgan fingerprint density at radius 2 is 2.11 bits per heavy atom. The molecule has 1 heterocycles. The van der Waals surface area contributed by atoms with E-state index in [2.05, 4.69) is 15.6 Å². The van der Waals surface area contributed by atoms with Gasteiger partial charge in [-0.25, -0.2) is 4.98 Å². The molecule has 19 heavy (non-hydrogen) atoms. The molecule has 1 aromatic heterocycles. The Morgan fingerprint density at radius 1 is 1.42 bits per heavy atom. The van der Waals surface area contributed by atoms with Gasteiger partial charge in [0.25, 0.3) is 5.91 Å². The van der Waals surface area contributed by atoms with Gasteiger partial charge in [0.05, 0.1) is 24.0 Å². The number of anilines is 2. The number of hydrogen-bond acceptors (Lipinski definition) is 5. The second-order valence-corrected chi connectivity index (χ2v) is 4.57. The summed E-state index contributed by atoms with van der Waals surface area (Å²) >= 11 is 0. The number of carbonyl (C=O) groups excluding carboxylic acids is 2. The molecular weight excluding hydrogens is 246 g/mol. The van der Waals surface area contributed by atoms with E-state index >= 15 is 0 Å². The first-order valence-electron chi connectivity index (χ1n) is 5.96. The maximum Gasteiger partial charge on any atom is 0.250 e. The number of hydrogen-bond donors (Lipinski definition) is 4. The summed E-state index contributed by atoms with van der Waals surface area (Å²) < 4.78 is 0. The molecule has 104 valence electrons. The van der Waals surface area contributed by atoms with Crippen LogP contribution in [0.4, 0.5) is 11.5 Å². The zero-order valence-electron chi connectivity index (χ0n) is 11.1. The number of nitrogen functional groups attached to an aromatic ring is 1. The van der Waals surface area contributed by atoms with Crippen LogP contribution in [0.15, 0.2) is 12.3 Å². The third kappa shape index (κ3) is 4.82. The number of primary amides is 1. The Bertz CT molecular complexity index is 473. The minimum Gasteiger partial charge on any atom is -0.397 e. The molecule has 0 aliphatic carbocycles. The van der Waals surface area contributed by atoms with Gasteiger partial charge in [0.15, 0.2) is 0 Å². The fourth-order valence-corrected chi connectivity index (χ4v) is 1.33. The summed E-state index contributed by atoms with van der Waals surface area (Å²) in [6, 6.07) is 1.42. The monoisotopic (exact) mass is 265 g/mol. The summed E-state index contributed by atoms with van der Waals surface area (Å²) in [7, 11) is 0. The van der Waals surface area contributed by atoms with Crippen molar-refractivity contribution < 1.29 is 9.59 Å². The number of nitrogens with two attached hydrogens (primary N) is 2. The zero-order valence-corrected chi connectivity index (χ0v) is 11.1. The van der Waals surface area contributed by atoms with Gasteiger partial charge in [-0.3, -0.25) is 9.59 Å². The van der Waals surface area contributed by atoms with Crippen LogP contribution in [0.5, 0.6) is 0 Å². The lowest BCUT2D eigenvalue weighted by Gasteiger charge is -2.10. The standard InChI is InChI=1S/C12H19N5O2/c1-7(2)4-17-11(18)6-16-10-3-8(12(14)19)9(13)5-15-10/h3,5,7H,4,6,13H2,1-2H3,(H2,14,19)(H,15,16)(H,17,18). The van der Waals surface area contributed by atoms with E-state index in [0.717, 1.165) is 0 Å². The molecule has 0 saturated carbocycles. The Labute approximate surface area is 111 Å². The predicted molar refractivity (Wildman–Crippen MR) is 73.5 cm³/mol. The third-order valence-corrected chi connectivity index (χ3v) is 2.34. The maximum atomic E-state index is 11.5. The highest BCUT2D eigenvalue weighted by atomic mass is 16.2. The van der Waals surface area contributed by atoms with Crippen LogP contribution >= 0.6 is 0 Å². The first kappa shape index (κ1) is 14.7. The van der Waals surface area contributed by atoms with Gasteiger partial charge in [0.1, 0.15) is 5.82 Å². The molecule has 0 radical (unpaired) electrons. The van der Waals surface area contributed by atoms with Crippen LogP contribution < -0.4 is 22.1 Å². The molecule has 0 spiro atoms. The van der Waals surface area contributed by atoms with Gasteiger partial charge in [-0.2, -0.15) is 0 Å². The molecule has 0 unspecified atom stereocenters. The van der Waals surface area contributed by atoms with E-state index in [-0.39, 0.29) is 23.7 Å². The van der Waals surface area contributed by atoms with Crippen molar-refractivity contribution in [1.82, 2.24) is 10.3 Å². The summed E-state index contributed by atoms with van der Waals surface area (Å²) in [5, 5.41) is 5.56. The van der Waals surface area contributed by atoms with Crippen molar-refractivity contribution in [3.63, 3.8) is 0 Å². The molecule has 0 aliphatic rings. The van der Waals surface area contributed by atoms with E-state index in [1.807, 2.05) is 13.8 Å². The molecule has 0 atom stereocenters. The minimum absolute atomic E-state index is 0.0713. The van der Waals surface area contributed by atoms with Gasteiger partial charge >= 0.3 is 0 Å². The van der Waals surface area contributed by atoms with Crippen LogP contribution in [-0.2, 0) is 4.79 Å². The topological polar surface area (TPSA) is 123 Å². The van der Waals surface area contributed by atoms with E-state index in [0.29, 0.717) is 18.3 Å². The Kier molecular flexibility index (Phi) is 5.11. The van der Waals surface area contributed by atoms with Crippen LogP contribution in [0, 0.1) is 5.92 Å². The molecule has 0 aliphatic heterocycles. The molecule has 0 bridgehead atoms. The number of rotatable bonds is 6. The van der Waals surface area contributed by atoms with Crippen LogP contribution in [0.2, 0.25) is 0 Å². The summed E-state index contributed by atoms with van der Waals surface area (Å²) in [6.45, 7) is 4.70. The lowest BCUT2D eigenvalue weighted by Crippen LogP contribution is -2.32. The van der Waals surface area contributed by atoms with Gasteiger partial charge < -0.3 is 22.1 Å². The van der Waals surface area contributed by atoms with E-state index in [9.17, 15) is 9.59 Å². The summed E-state index contributed by atoms with van der Waals surface area (Å²) in [4.78, 5) is 26.6. The lowest BCUT2D eigenvalue weighted by atomic mass is 10.2. The molecule has 0 fully saturated rings. The first-order valence-corrected chi connectivity index (χ1v) is 5.96. The molecule has 1 aromatic rings. The van der Waals surface area contributed by atoms with E-state index < -0.39 is 5.91 Å². The highest BCUT2D eigenvalue weighted by molar-refractivity contribution is 5.98.